The molecule has 4 aromatic rings. The SMILES string of the molecule is COc1ccc(Cc2cc(C)ccc2SOSc2ccc(C)cc2Cc2ccc(OC)c(O)c2)cc1O. The van der Waals surface area contributed by atoms with Crippen LogP contribution in [0, 0.1) is 13.8 Å². The first kappa shape index (κ1) is 26.8. The Balaban J connectivity index is 1.47. The van der Waals surface area contributed by atoms with Crippen molar-refractivity contribution < 1.29 is 23.3 Å². The van der Waals surface area contributed by atoms with Crippen molar-refractivity contribution in [2.45, 2.75) is 36.5 Å². The maximum absolute atomic E-state index is 10.2. The number of hydrogen-bond donors (Lipinski definition) is 2. The van der Waals surface area contributed by atoms with E-state index in [0.29, 0.717) is 24.3 Å². The average Bonchev–Trinajstić information content (AvgIpc) is 2.87. The molecular formula is C30H30O5S2. The molecule has 0 aliphatic heterocycles. The molecule has 2 N–H and O–H groups in total. The minimum atomic E-state index is 0.130. The van der Waals surface area contributed by atoms with Crippen molar-refractivity contribution in [2.24, 2.45) is 0 Å². The lowest BCUT2D eigenvalue weighted by Gasteiger charge is -2.13. The topological polar surface area (TPSA) is 68.2 Å². The van der Waals surface area contributed by atoms with E-state index in [2.05, 4.69) is 50.2 Å². The fourth-order valence-corrected chi connectivity index (χ4v) is 5.52. The van der Waals surface area contributed by atoms with Gasteiger partial charge in [-0.15, -0.1) is 0 Å². The standard InChI is InChI=1S/C30H30O5S2/c1-19-5-11-29(23(13-19)15-21-7-9-27(33-3)25(31)17-21)36-35-37-30-12-6-20(2)14-24(30)16-22-8-10-28(34-4)26(32)18-22/h5-14,17-18,31-32H,15-16H2,1-4H3. The predicted molar refractivity (Wildman–Crippen MR) is 150 cm³/mol. The second-order valence-electron chi connectivity index (χ2n) is 8.82. The smallest absolute Gasteiger partial charge is 0.160 e. The van der Waals surface area contributed by atoms with Crippen molar-refractivity contribution in [3.05, 3.63) is 106 Å². The van der Waals surface area contributed by atoms with Gasteiger partial charge in [0.15, 0.2) is 23.0 Å². The number of methoxy groups -OCH3 is 2. The molecule has 0 spiro atoms. The zero-order valence-corrected chi connectivity index (χ0v) is 22.9. The molecular weight excluding hydrogens is 504 g/mol. The van der Waals surface area contributed by atoms with Crippen LogP contribution in [-0.2, 0) is 16.5 Å². The number of hydrogen-bond acceptors (Lipinski definition) is 7. The van der Waals surface area contributed by atoms with E-state index in [0.717, 1.165) is 43.2 Å². The highest BCUT2D eigenvalue weighted by Crippen LogP contribution is 2.36. The van der Waals surface area contributed by atoms with Crippen LogP contribution < -0.4 is 9.47 Å². The largest absolute Gasteiger partial charge is 0.504 e. The van der Waals surface area contributed by atoms with Crippen molar-refractivity contribution in [2.75, 3.05) is 14.2 Å². The fraction of sp³-hybridized carbons (Fsp3) is 0.200. The first-order valence-corrected chi connectivity index (χ1v) is 13.3. The molecule has 0 unspecified atom stereocenters. The maximum atomic E-state index is 10.2. The van der Waals surface area contributed by atoms with Crippen LogP contribution in [0.3, 0.4) is 0 Å². The molecule has 0 atom stereocenters. The van der Waals surface area contributed by atoms with Gasteiger partial charge in [-0.1, -0.05) is 47.5 Å². The van der Waals surface area contributed by atoms with Crippen molar-refractivity contribution in [3.63, 3.8) is 0 Å². The molecule has 4 rings (SSSR count). The lowest BCUT2D eigenvalue weighted by molar-refractivity contribution is 0.373. The summed E-state index contributed by atoms with van der Waals surface area (Å²) in [5, 5.41) is 20.3. The molecule has 0 saturated heterocycles. The van der Waals surface area contributed by atoms with Gasteiger partial charge in [-0.3, -0.25) is 0 Å². The summed E-state index contributed by atoms with van der Waals surface area (Å²) in [6.45, 7) is 4.13. The van der Waals surface area contributed by atoms with Gasteiger partial charge in [0.1, 0.15) is 0 Å². The Kier molecular flexibility index (Phi) is 8.92. The molecule has 0 aliphatic carbocycles. The number of aryl methyl sites for hydroxylation is 2. The zero-order chi connectivity index (χ0) is 26.4. The second kappa shape index (κ2) is 12.3. The van der Waals surface area contributed by atoms with E-state index >= 15 is 0 Å². The van der Waals surface area contributed by atoms with Crippen molar-refractivity contribution >= 4 is 24.1 Å². The summed E-state index contributed by atoms with van der Waals surface area (Å²) in [5.74, 6) is 1.18. The number of phenols is 2. The van der Waals surface area contributed by atoms with Gasteiger partial charge in [-0.2, -0.15) is 0 Å². The van der Waals surface area contributed by atoms with Crippen LogP contribution >= 0.6 is 24.1 Å². The molecule has 0 aromatic heterocycles. The summed E-state index contributed by atoms with van der Waals surface area (Å²) >= 11 is 2.66. The maximum Gasteiger partial charge on any atom is 0.160 e. The molecule has 0 saturated carbocycles. The van der Waals surface area contributed by atoms with Gasteiger partial charge in [0.25, 0.3) is 0 Å². The zero-order valence-electron chi connectivity index (χ0n) is 21.3. The highest BCUT2D eigenvalue weighted by Gasteiger charge is 2.12. The van der Waals surface area contributed by atoms with Gasteiger partial charge >= 0.3 is 0 Å². The summed E-state index contributed by atoms with van der Waals surface area (Å²) in [5.41, 5.74) is 6.53. The summed E-state index contributed by atoms with van der Waals surface area (Å²) in [4.78, 5) is 2.03. The van der Waals surface area contributed by atoms with Gasteiger partial charge in [0, 0.05) is 33.9 Å². The van der Waals surface area contributed by atoms with Crippen LogP contribution in [0.15, 0.2) is 82.6 Å². The first-order chi connectivity index (χ1) is 17.9. The molecule has 192 valence electrons. The Bertz CT molecular complexity index is 1280. The summed E-state index contributed by atoms with van der Waals surface area (Å²) in [6.07, 6.45) is 1.32. The third-order valence-corrected chi connectivity index (χ3v) is 7.66. The molecule has 0 aliphatic rings. The monoisotopic (exact) mass is 534 g/mol. The normalized spacial score (nSPS) is 10.9. The Morgan fingerprint density at radius 2 is 1.03 bits per heavy atom. The van der Waals surface area contributed by atoms with Crippen LogP contribution in [0.25, 0.3) is 0 Å². The molecule has 5 nitrogen and oxygen atoms in total. The molecule has 0 radical (unpaired) electrons. The molecule has 0 amide bonds. The number of phenolic OH excluding ortho intramolecular Hbond substituents is 2. The van der Waals surface area contributed by atoms with E-state index in [9.17, 15) is 10.2 Å². The third-order valence-electron chi connectivity index (χ3n) is 5.96. The molecule has 4 aromatic carbocycles. The Morgan fingerprint density at radius 3 is 1.41 bits per heavy atom. The van der Waals surface area contributed by atoms with Crippen molar-refractivity contribution in [3.8, 4) is 23.0 Å². The van der Waals surface area contributed by atoms with Crippen LogP contribution in [0.2, 0.25) is 0 Å². The van der Waals surface area contributed by atoms with Crippen LogP contribution in [0.1, 0.15) is 33.4 Å². The third kappa shape index (κ3) is 6.95. The minimum absolute atomic E-state index is 0.130. The van der Waals surface area contributed by atoms with E-state index in [1.807, 2.05) is 12.1 Å². The molecule has 37 heavy (non-hydrogen) atoms. The summed E-state index contributed by atoms with van der Waals surface area (Å²) in [6, 6.07) is 23.5. The van der Waals surface area contributed by atoms with E-state index < -0.39 is 0 Å². The first-order valence-electron chi connectivity index (χ1n) is 11.8. The van der Waals surface area contributed by atoms with Gasteiger partial charge in [0.2, 0.25) is 0 Å². The number of rotatable bonds is 10. The van der Waals surface area contributed by atoms with E-state index in [1.165, 1.54) is 24.1 Å². The lowest BCUT2D eigenvalue weighted by Crippen LogP contribution is -1.94. The predicted octanol–water partition coefficient (Wildman–Crippen LogP) is 7.64. The van der Waals surface area contributed by atoms with Gasteiger partial charge in [-0.05, 0) is 85.3 Å². The van der Waals surface area contributed by atoms with E-state index in [1.54, 1.807) is 38.5 Å². The quantitative estimate of drug-likeness (QED) is 0.203. The second-order valence-corrected chi connectivity index (χ2v) is 10.6. The van der Waals surface area contributed by atoms with Crippen LogP contribution in [-0.4, -0.2) is 24.4 Å². The number of aromatic hydroxyl groups is 2. The molecule has 7 heteroatoms. The highest BCUT2D eigenvalue weighted by atomic mass is 32.2. The lowest BCUT2D eigenvalue weighted by atomic mass is 10.0. The summed E-state index contributed by atoms with van der Waals surface area (Å²) < 4.78 is 16.4. The minimum Gasteiger partial charge on any atom is -0.504 e. The number of benzene rings is 4. The average molecular weight is 535 g/mol. The van der Waals surface area contributed by atoms with Crippen LogP contribution in [0.4, 0.5) is 0 Å². The highest BCUT2D eigenvalue weighted by molar-refractivity contribution is 8.08. The van der Waals surface area contributed by atoms with Gasteiger partial charge in [0.05, 0.1) is 14.2 Å². The number of ether oxygens (including phenoxy) is 2. The van der Waals surface area contributed by atoms with Gasteiger partial charge in [-0.25, -0.2) is 3.63 Å². The Labute approximate surface area is 226 Å². The van der Waals surface area contributed by atoms with Crippen LogP contribution in [0.5, 0.6) is 23.0 Å². The molecule has 0 fully saturated rings. The Hall–Kier alpha value is -3.26. The Morgan fingerprint density at radius 1 is 0.595 bits per heavy atom. The fourth-order valence-electron chi connectivity index (χ4n) is 4.08. The van der Waals surface area contributed by atoms with Crippen molar-refractivity contribution in [1.29, 1.82) is 0 Å². The van der Waals surface area contributed by atoms with E-state index in [-0.39, 0.29) is 11.5 Å². The summed E-state index contributed by atoms with van der Waals surface area (Å²) in [7, 11) is 3.08. The molecule has 0 heterocycles. The van der Waals surface area contributed by atoms with E-state index in [4.69, 9.17) is 13.1 Å². The van der Waals surface area contributed by atoms with Gasteiger partial charge < -0.3 is 19.7 Å². The molecule has 0 bridgehead atoms. The van der Waals surface area contributed by atoms with Crippen molar-refractivity contribution in [1.82, 2.24) is 0 Å².